The number of hydrogen-bond donors (Lipinski definition) is 0. The zero-order chi connectivity index (χ0) is 23.1. The molecule has 0 bridgehead atoms. The van der Waals surface area contributed by atoms with Crippen LogP contribution >= 0.6 is 0 Å². The highest BCUT2D eigenvalue weighted by atomic mass is 19.1. The Morgan fingerprint density at radius 2 is 1.47 bits per heavy atom. The molecule has 3 aromatic rings. The van der Waals surface area contributed by atoms with Crippen molar-refractivity contribution in [1.29, 1.82) is 0 Å². The van der Waals surface area contributed by atoms with Crippen molar-refractivity contribution in [2.24, 2.45) is 0 Å². The summed E-state index contributed by atoms with van der Waals surface area (Å²) >= 11 is 0. The summed E-state index contributed by atoms with van der Waals surface area (Å²) in [6.45, 7) is 0.970. The molecule has 0 N–H and O–H groups in total. The molecule has 0 saturated heterocycles. The van der Waals surface area contributed by atoms with Crippen LogP contribution in [0, 0.1) is 5.82 Å². The average Bonchev–Trinajstić information content (AvgIpc) is 2.79. The number of amides is 1. The molecular weight excluding hydrogens is 413 g/mol. The van der Waals surface area contributed by atoms with E-state index >= 15 is 0 Å². The van der Waals surface area contributed by atoms with Crippen molar-refractivity contribution in [3.8, 4) is 16.9 Å². The van der Waals surface area contributed by atoms with E-state index in [0.29, 0.717) is 16.9 Å². The second kappa shape index (κ2) is 10.3. The Labute approximate surface area is 185 Å². The van der Waals surface area contributed by atoms with E-state index in [1.54, 1.807) is 66.7 Å². The summed E-state index contributed by atoms with van der Waals surface area (Å²) < 4.78 is 23.8. The first-order valence-electron chi connectivity index (χ1n) is 9.87. The maximum atomic E-state index is 13.7. The average molecular weight is 435 g/mol. The molecule has 0 saturated carbocycles. The minimum atomic E-state index is -0.630. The lowest BCUT2D eigenvalue weighted by molar-refractivity contribution is -0.134. The molecule has 0 aliphatic carbocycles. The van der Waals surface area contributed by atoms with Gasteiger partial charge in [-0.1, -0.05) is 42.5 Å². The number of rotatable bonds is 7. The molecule has 7 heteroatoms. The highest BCUT2D eigenvalue weighted by molar-refractivity contribution is 5.91. The van der Waals surface area contributed by atoms with E-state index in [9.17, 15) is 18.8 Å². The Hall–Kier alpha value is -4.00. The highest BCUT2D eigenvalue weighted by Gasteiger charge is 2.15. The van der Waals surface area contributed by atoms with E-state index in [0.717, 1.165) is 11.1 Å². The number of carbonyl (C=O) groups excluding carboxylic acids is 3. The Morgan fingerprint density at radius 3 is 2.06 bits per heavy atom. The van der Waals surface area contributed by atoms with Crippen LogP contribution in [0.2, 0.25) is 0 Å². The van der Waals surface area contributed by atoms with Gasteiger partial charge in [-0.05, 0) is 41.5 Å². The molecule has 0 unspecified atom stereocenters. The van der Waals surface area contributed by atoms with E-state index in [2.05, 4.69) is 0 Å². The molecule has 1 amide bonds. The summed E-state index contributed by atoms with van der Waals surface area (Å²) in [7, 11) is 1.52. The van der Waals surface area contributed by atoms with E-state index in [4.69, 9.17) is 9.47 Å². The molecule has 0 aliphatic heterocycles. The number of hydrogen-bond acceptors (Lipinski definition) is 5. The number of esters is 2. The van der Waals surface area contributed by atoms with Crippen LogP contribution in [0.5, 0.6) is 5.75 Å². The van der Waals surface area contributed by atoms with Gasteiger partial charge in [-0.2, -0.15) is 0 Å². The van der Waals surface area contributed by atoms with Crippen molar-refractivity contribution in [3.63, 3.8) is 0 Å². The third-order valence-corrected chi connectivity index (χ3v) is 4.69. The Bertz CT molecular complexity index is 1110. The van der Waals surface area contributed by atoms with Gasteiger partial charge >= 0.3 is 11.9 Å². The third kappa shape index (κ3) is 6.01. The van der Waals surface area contributed by atoms with Gasteiger partial charge in [-0.25, -0.2) is 9.18 Å². The van der Waals surface area contributed by atoms with Gasteiger partial charge in [-0.15, -0.1) is 0 Å². The lowest BCUT2D eigenvalue weighted by Crippen LogP contribution is -2.31. The summed E-state index contributed by atoms with van der Waals surface area (Å²) in [6.07, 6.45) is 0. The van der Waals surface area contributed by atoms with Crippen molar-refractivity contribution < 1.29 is 28.2 Å². The summed E-state index contributed by atoms with van der Waals surface area (Å²) in [5, 5.41) is 0. The standard InChI is InChI=1S/C25H22FNO5/c1-17(28)32-22-13-11-19(12-14-22)18-7-9-20(10-8-18)25(30)31-16-24(29)27(2)15-21-5-3-4-6-23(21)26/h3-14H,15-16H2,1-2H3. The molecule has 0 spiro atoms. The molecule has 0 atom stereocenters. The van der Waals surface area contributed by atoms with Crippen LogP contribution in [0.1, 0.15) is 22.8 Å². The van der Waals surface area contributed by atoms with Crippen molar-refractivity contribution >= 4 is 17.8 Å². The zero-order valence-electron chi connectivity index (χ0n) is 17.7. The second-order valence-electron chi connectivity index (χ2n) is 7.11. The van der Waals surface area contributed by atoms with Crippen LogP contribution in [-0.4, -0.2) is 36.4 Å². The van der Waals surface area contributed by atoms with Crippen molar-refractivity contribution in [1.82, 2.24) is 4.90 Å². The molecule has 0 fully saturated rings. The molecule has 3 rings (SSSR count). The van der Waals surface area contributed by atoms with Crippen molar-refractivity contribution in [2.45, 2.75) is 13.5 Å². The molecule has 0 radical (unpaired) electrons. The molecule has 6 nitrogen and oxygen atoms in total. The fourth-order valence-corrected chi connectivity index (χ4v) is 2.97. The molecular formula is C25H22FNO5. The molecule has 0 heterocycles. The fourth-order valence-electron chi connectivity index (χ4n) is 2.97. The lowest BCUT2D eigenvalue weighted by Gasteiger charge is -2.17. The van der Waals surface area contributed by atoms with Crippen LogP contribution in [0.4, 0.5) is 4.39 Å². The van der Waals surface area contributed by atoms with E-state index in [-0.39, 0.29) is 6.54 Å². The van der Waals surface area contributed by atoms with E-state index in [1.807, 2.05) is 0 Å². The van der Waals surface area contributed by atoms with Crippen molar-refractivity contribution in [3.05, 3.63) is 89.7 Å². The largest absolute Gasteiger partial charge is 0.452 e. The maximum Gasteiger partial charge on any atom is 0.338 e. The minimum absolute atomic E-state index is 0.0774. The van der Waals surface area contributed by atoms with Gasteiger partial charge in [0.05, 0.1) is 5.56 Å². The fraction of sp³-hybridized carbons (Fsp3) is 0.160. The van der Waals surface area contributed by atoms with Crippen LogP contribution < -0.4 is 4.74 Å². The first-order valence-corrected chi connectivity index (χ1v) is 9.87. The Kier molecular flexibility index (Phi) is 7.33. The van der Waals surface area contributed by atoms with Gasteiger partial charge in [0.1, 0.15) is 11.6 Å². The molecule has 0 aromatic heterocycles. The van der Waals surface area contributed by atoms with Gasteiger partial charge in [0.25, 0.3) is 5.91 Å². The topological polar surface area (TPSA) is 72.9 Å². The predicted molar refractivity (Wildman–Crippen MR) is 116 cm³/mol. The molecule has 0 aliphatic rings. The predicted octanol–water partition coefficient (Wildman–Crippen LogP) is 4.23. The zero-order valence-corrected chi connectivity index (χ0v) is 17.7. The van der Waals surface area contributed by atoms with Crippen LogP contribution in [0.25, 0.3) is 11.1 Å². The summed E-state index contributed by atoms with van der Waals surface area (Å²) in [5.74, 6) is -1.41. The van der Waals surface area contributed by atoms with Crippen molar-refractivity contribution in [2.75, 3.05) is 13.7 Å². The SMILES string of the molecule is CC(=O)Oc1ccc(-c2ccc(C(=O)OCC(=O)N(C)Cc3ccccc3F)cc2)cc1. The number of benzene rings is 3. The molecule has 164 valence electrons. The van der Waals surface area contributed by atoms with Crippen LogP contribution in [-0.2, 0) is 20.9 Å². The van der Waals surface area contributed by atoms with Crippen LogP contribution in [0.3, 0.4) is 0 Å². The summed E-state index contributed by atoms with van der Waals surface area (Å²) in [4.78, 5) is 36.8. The van der Waals surface area contributed by atoms with Crippen LogP contribution in [0.15, 0.2) is 72.8 Å². The number of ether oxygens (including phenoxy) is 2. The highest BCUT2D eigenvalue weighted by Crippen LogP contribution is 2.23. The third-order valence-electron chi connectivity index (χ3n) is 4.69. The minimum Gasteiger partial charge on any atom is -0.452 e. The maximum absolute atomic E-state index is 13.7. The first-order chi connectivity index (χ1) is 15.3. The second-order valence-corrected chi connectivity index (χ2v) is 7.11. The van der Waals surface area contributed by atoms with Gasteiger partial charge in [0.15, 0.2) is 6.61 Å². The van der Waals surface area contributed by atoms with Gasteiger partial charge < -0.3 is 14.4 Å². The molecule has 3 aromatic carbocycles. The normalized spacial score (nSPS) is 10.3. The lowest BCUT2D eigenvalue weighted by atomic mass is 10.0. The first kappa shape index (κ1) is 22.7. The number of likely N-dealkylation sites (N-methyl/N-ethyl adjacent to an activating group) is 1. The quantitative estimate of drug-likeness (QED) is 0.410. The molecule has 32 heavy (non-hydrogen) atoms. The Morgan fingerprint density at radius 1 is 0.875 bits per heavy atom. The number of halogens is 1. The van der Waals surface area contributed by atoms with Gasteiger partial charge in [0, 0.05) is 26.1 Å². The van der Waals surface area contributed by atoms with E-state index < -0.39 is 30.3 Å². The Balaban J connectivity index is 1.54. The smallest absolute Gasteiger partial charge is 0.338 e. The van der Waals surface area contributed by atoms with E-state index in [1.165, 1.54) is 24.9 Å². The summed E-state index contributed by atoms with van der Waals surface area (Å²) in [6, 6.07) is 19.9. The monoisotopic (exact) mass is 435 g/mol. The number of carbonyl (C=O) groups is 3. The van der Waals surface area contributed by atoms with Gasteiger partial charge in [0.2, 0.25) is 0 Å². The van der Waals surface area contributed by atoms with Gasteiger partial charge in [-0.3, -0.25) is 9.59 Å². The number of nitrogens with zero attached hydrogens (tertiary/aromatic N) is 1. The summed E-state index contributed by atoms with van der Waals surface area (Å²) in [5.41, 5.74) is 2.42.